The first-order valence-electron chi connectivity index (χ1n) is 8.31. The maximum atomic E-state index is 13.5. The van der Waals surface area contributed by atoms with Crippen molar-refractivity contribution in [3.05, 3.63) is 63.6 Å². The summed E-state index contributed by atoms with van der Waals surface area (Å²) >= 11 is 2.98. The van der Waals surface area contributed by atoms with Gasteiger partial charge in [-0.2, -0.15) is 13.2 Å². The number of amides is 1. The van der Waals surface area contributed by atoms with E-state index in [-0.39, 0.29) is 16.4 Å². The molecule has 0 saturated carbocycles. The molecule has 0 aliphatic heterocycles. The number of hydrogen-bond donors (Lipinski definition) is 1. The van der Waals surface area contributed by atoms with Crippen LogP contribution in [0, 0.1) is 0 Å². The zero-order valence-corrected chi connectivity index (χ0v) is 17.1. The van der Waals surface area contributed by atoms with E-state index in [2.05, 4.69) is 15.9 Å². The van der Waals surface area contributed by atoms with Crippen LogP contribution in [0.4, 0.5) is 18.9 Å². The normalized spacial score (nSPS) is 12.0. The lowest BCUT2D eigenvalue weighted by Gasteiger charge is -2.25. The maximum Gasteiger partial charge on any atom is 0.418 e. The van der Waals surface area contributed by atoms with Crippen molar-refractivity contribution in [2.75, 3.05) is 4.90 Å². The van der Waals surface area contributed by atoms with Gasteiger partial charge in [0.1, 0.15) is 0 Å². The van der Waals surface area contributed by atoms with E-state index in [1.54, 1.807) is 12.1 Å². The van der Waals surface area contributed by atoms with Crippen molar-refractivity contribution in [1.82, 2.24) is 0 Å². The fraction of sp³-hybridized carbons (Fsp3) is 0.300. The van der Waals surface area contributed by atoms with Crippen LogP contribution in [-0.4, -0.2) is 17.0 Å². The Kier molecular flexibility index (Phi) is 6.23. The topological polar surface area (TPSA) is 57.6 Å². The minimum Gasteiger partial charge on any atom is -0.474 e. The molecule has 0 atom stereocenters. The summed E-state index contributed by atoms with van der Waals surface area (Å²) in [7, 11) is 0. The molecule has 0 bridgehead atoms. The van der Waals surface area contributed by atoms with E-state index in [1.165, 1.54) is 6.07 Å². The molecule has 0 aromatic heterocycles. The molecule has 0 aliphatic carbocycles. The van der Waals surface area contributed by atoms with Gasteiger partial charge in [-0.3, -0.25) is 9.69 Å². The average molecular weight is 458 g/mol. The van der Waals surface area contributed by atoms with Gasteiger partial charge in [0.2, 0.25) is 0 Å². The first-order valence-corrected chi connectivity index (χ1v) is 9.11. The van der Waals surface area contributed by atoms with Gasteiger partial charge in [0.15, 0.2) is 0 Å². The Morgan fingerprint density at radius 2 is 1.61 bits per heavy atom. The first-order chi connectivity index (χ1) is 12.8. The van der Waals surface area contributed by atoms with Gasteiger partial charge in [0.25, 0.3) is 0 Å². The van der Waals surface area contributed by atoms with Gasteiger partial charge in [-0.05, 0) is 34.7 Å². The number of halogens is 4. The number of benzene rings is 2. The van der Waals surface area contributed by atoms with Crippen molar-refractivity contribution in [3.8, 4) is 0 Å². The van der Waals surface area contributed by atoms with E-state index >= 15 is 0 Å². The second kappa shape index (κ2) is 7.95. The molecule has 28 heavy (non-hydrogen) atoms. The molecule has 2 aromatic carbocycles. The van der Waals surface area contributed by atoms with Gasteiger partial charge < -0.3 is 5.11 Å². The Labute approximate surface area is 169 Å². The molecule has 0 aliphatic rings. The quantitative estimate of drug-likeness (QED) is 0.629. The van der Waals surface area contributed by atoms with E-state index in [9.17, 15) is 22.8 Å². The number of anilines is 1. The molecule has 8 heteroatoms. The summed E-state index contributed by atoms with van der Waals surface area (Å²) < 4.78 is 40.6. The van der Waals surface area contributed by atoms with E-state index in [0.29, 0.717) is 10.5 Å². The monoisotopic (exact) mass is 457 g/mol. The third kappa shape index (κ3) is 5.13. The summed E-state index contributed by atoms with van der Waals surface area (Å²) in [6, 6.07) is 10.2. The number of alkyl halides is 3. The highest BCUT2D eigenvalue weighted by molar-refractivity contribution is 9.10. The minimum atomic E-state index is -4.76. The summed E-state index contributed by atoms with van der Waals surface area (Å²) in [5, 5.41) is 9.11. The number of nitrogens with zero attached hydrogens (tertiary/aromatic N) is 1. The summed E-state index contributed by atoms with van der Waals surface area (Å²) in [6.07, 6.45) is -4.76. The summed E-state index contributed by atoms with van der Waals surface area (Å²) in [4.78, 5) is 24.1. The van der Waals surface area contributed by atoms with Crippen LogP contribution in [-0.2, 0) is 27.7 Å². The van der Waals surface area contributed by atoms with Gasteiger partial charge in [-0.1, -0.05) is 61.0 Å². The van der Waals surface area contributed by atoms with Crippen LogP contribution in [0.25, 0.3) is 0 Å². The maximum absolute atomic E-state index is 13.5. The van der Waals surface area contributed by atoms with Crippen LogP contribution in [0.2, 0.25) is 0 Å². The van der Waals surface area contributed by atoms with Crippen molar-refractivity contribution in [2.24, 2.45) is 0 Å². The van der Waals surface area contributed by atoms with E-state index in [1.807, 2.05) is 32.9 Å². The smallest absolute Gasteiger partial charge is 0.418 e. The predicted octanol–water partition coefficient (Wildman–Crippen LogP) is 5.38. The fourth-order valence-corrected chi connectivity index (χ4v) is 3.01. The standard InChI is InChI=1S/C20H19BrF3NO3/c1-19(2,3)13-6-4-12(5-7-13)11-25(17(26)18(27)28)16-9-8-14(21)10-15(16)20(22,23)24/h4-10H,11H2,1-3H3,(H,27,28). The van der Waals surface area contributed by atoms with E-state index in [4.69, 9.17) is 5.11 Å². The van der Waals surface area contributed by atoms with Gasteiger partial charge in [0, 0.05) is 4.47 Å². The molecule has 1 N–H and O–H groups in total. The second-order valence-electron chi connectivity index (χ2n) is 7.30. The van der Waals surface area contributed by atoms with Gasteiger partial charge in [-0.15, -0.1) is 0 Å². The molecule has 2 rings (SSSR count). The number of hydrogen-bond acceptors (Lipinski definition) is 2. The number of carboxylic acids is 1. The Morgan fingerprint density at radius 3 is 2.07 bits per heavy atom. The Balaban J connectivity index is 2.51. The molecule has 0 fully saturated rings. The lowest BCUT2D eigenvalue weighted by molar-refractivity contribution is -0.149. The van der Waals surface area contributed by atoms with Crippen LogP contribution in [0.3, 0.4) is 0 Å². The number of rotatable bonds is 3. The Morgan fingerprint density at radius 1 is 1.04 bits per heavy atom. The molecule has 0 heterocycles. The summed E-state index contributed by atoms with van der Waals surface area (Å²) in [6.45, 7) is 5.74. The van der Waals surface area contributed by atoms with Crippen molar-refractivity contribution in [1.29, 1.82) is 0 Å². The lowest BCUT2D eigenvalue weighted by Crippen LogP contribution is -2.37. The number of carboxylic acid groups (broad SMARTS) is 1. The number of carbonyl (C=O) groups excluding carboxylic acids is 1. The van der Waals surface area contributed by atoms with Crippen LogP contribution in [0.5, 0.6) is 0 Å². The predicted molar refractivity (Wildman–Crippen MR) is 103 cm³/mol. The summed E-state index contributed by atoms with van der Waals surface area (Å²) in [5.74, 6) is -3.27. The lowest BCUT2D eigenvalue weighted by atomic mass is 9.87. The highest BCUT2D eigenvalue weighted by atomic mass is 79.9. The number of aliphatic carboxylic acids is 1. The van der Waals surface area contributed by atoms with E-state index < -0.39 is 29.3 Å². The molecule has 150 valence electrons. The molecule has 4 nitrogen and oxygen atoms in total. The molecule has 1 amide bonds. The van der Waals surface area contributed by atoms with Crippen LogP contribution in [0.15, 0.2) is 46.9 Å². The largest absolute Gasteiger partial charge is 0.474 e. The zero-order chi connectivity index (χ0) is 21.3. The van der Waals surface area contributed by atoms with E-state index in [0.717, 1.165) is 17.7 Å². The minimum absolute atomic E-state index is 0.121. The van der Waals surface area contributed by atoms with Crippen LogP contribution >= 0.6 is 15.9 Å². The second-order valence-corrected chi connectivity index (χ2v) is 8.22. The fourth-order valence-electron chi connectivity index (χ4n) is 2.65. The molecule has 0 radical (unpaired) electrons. The van der Waals surface area contributed by atoms with Crippen LogP contribution < -0.4 is 4.90 Å². The SMILES string of the molecule is CC(C)(C)c1ccc(CN(C(=O)C(=O)O)c2ccc(Br)cc2C(F)(F)F)cc1. The van der Waals surface area contributed by atoms with Crippen molar-refractivity contribution < 1.29 is 27.9 Å². The Bertz CT molecular complexity index is 887. The molecule has 0 spiro atoms. The molecule has 0 unspecified atom stereocenters. The highest BCUT2D eigenvalue weighted by Gasteiger charge is 2.37. The highest BCUT2D eigenvalue weighted by Crippen LogP contribution is 2.39. The molecule has 0 saturated heterocycles. The first kappa shape index (κ1) is 21.9. The van der Waals surface area contributed by atoms with Gasteiger partial charge in [-0.25, -0.2) is 4.79 Å². The molecule has 2 aromatic rings. The van der Waals surface area contributed by atoms with Crippen molar-refractivity contribution in [3.63, 3.8) is 0 Å². The van der Waals surface area contributed by atoms with Gasteiger partial charge >= 0.3 is 18.1 Å². The van der Waals surface area contributed by atoms with Crippen molar-refractivity contribution in [2.45, 2.75) is 38.9 Å². The van der Waals surface area contributed by atoms with Crippen molar-refractivity contribution >= 4 is 33.5 Å². The average Bonchev–Trinajstić information content (AvgIpc) is 2.58. The Hall–Kier alpha value is -2.35. The number of carbonyl (C=O) groups is 2. The molecular weight excluding hydrogens is 439 g/mol. The van der Waals surface area contributed by atoms with Gasteiger partial charge in [0.05, 0.1) is 17.8 Å². The molecular formula is C20H19BrF3NO3. The summed E-state index contributed by atoms with van der Waals surface area (Å²) in [5.41, 5.74) is -0.207. The third-order valence-corrected chi connectivity index (χ3v) is 4.64. The van der Waals surface area contributed by atoms with Crippen LogP contribution in [0.1, 0.15) is 37.5 Å². The zero-order valence-electron chi connectivity index (χ0n) is 15.5. The third-order valence-electron chi connectivity index (χ3n) is 4.14.